The first-order valence-corrected chi connectivity index (χ1v) is 11.5. The molecule has 2 N–H and O–H groups in total. The molecule has 1 aliphatic heterocycles. The highest BCUT2D eigenvalue weighted by molar-refractivity contribution is 6.09. The Bertz CT molecular complexity index is 919. The molecule has 0 radical (unpaired) electrons. The van der Waals surface area contributed by atoms with Gasteiger partial charge < -0.3 is 10.6 Å². The number of amides is 4. The van der Waals surface area contributed by atoms with Gasteiger partial charge in [0.15, 0.2) is 0 Å². The molecule has 2 aromatic rings. The Hall–Kier alpha value is -3.15. The molecule has 1 aliphatic carbocycles. The fourth-order valence-corrected chi connectivity index (χ4v) is 4.94. The molecule has 2 atom stereocenters. The van der Waals surface area contributed by atoms with E-state index < -0.39 is 11.6 Å². The molecule has 6 heteroatoms. The Morgan fingerprint density at radius 2 is 1.53 bits per heavy atom. The van der Waals surface area contributed by atoms with E-state index in [1.165, 1.54) is 6.42 Å². The third-order valence-corrected chi connectivity index (χ3v) is 6.70. The summed E-state index contributed by atoms with van der Waals surface area (Å²) in [6, 6.07) is 18.9. The van der Waals surface area contributed by atoms with Crippen LogP contribution in [0.1, 0.15) is 43.7 Å². The van der Waals surface area contributed by atoms with E-state index in [0.29, 0.717) is 18.8 Å². The number of carbonyl (C=O) groups is 3. The van der Waals surface area contributed by atoms with Crippen LogP contribution in [0.5, 0.6) is 0 Å². The average Bonchev–Trinajstić information content (AvgIpc) is 3.00. The molecule has 6 nitrogen and oxygen atoms in total. The lowest BCUT2D eigenvalue weighted by Crippen LogP contribution is -2.52. The molecule has 0 spiro atoms. The molecule has 0 aromatic heterocycles. The van der Waals surface area contributed by atoms with Gasteiger partial charge in [-0.05, 0) is 29.9 Å². The molecule has 1 saturated carbocycles. The van der Waals surface area contributed by atoms with Gasteiger partial charge in [0, 0.05) is 18.9 Å². The number of imide groups is 1. The van der Waals surface area contributed by atoms with E-state index in [1.807, 2.05) is 60.7 Å². The van der Waals surface area contributed by atoms with E-state index in [-0.39, 0.29) is 24.4 Å². The summed E-state index contributed by atoms with van der Waals surface area (Å²) >= 11 is 0. The highest BCUT2D eigenvalue weighted by atomic mass is 16.2. The van der Waals surface area contributed by atoms with Crippen LogP contribution in [0.2, 0.25) is 0 Å². The van der Waals surface area contributed by atoms with Gasteiger partial charge in [0.25, 0.3) is 5.91 Å². The Morgan fingerprint density at radius 1 is 0.969 bits per heavy atom. The molecular weight excluding hydrogens is 402 g/mol. The van der Waals surface area contributed by atoms with Crippen LogP contribution in [0.15, 0.2) is 60.7 Å². The van der Waals surface area contributed by atoms with Crippen LogP contribution in [0.4, 0.5) is 4.79 Å². The normalized spacial score (nSPS) is 22.5. The van der Waals surface area contributed by atoms with Crippen LogP contribution < -0.4 is 10.6 Å². The minimum Gasteiger partial charge on any atom is -0.352 e. The zero-order valence-electron chi connectivity index (χ0n) is 18.5. The molecule has 0 bridgehead atoms. The standard InChI is InChI=1S/C26H31N3O3/c1-19-10-8-9-15-22(19)27-23(30)18-29-24(31)26(28-25(29)32,16-20-11-4-2-5-12-20)17-21-13-6-3-7-14-21/h2-7,11-14,19,22H,8-10,15-18H2,1H3,(H,27,30)(H,28,32)/t19-,22-/m1/s1. The molecule has 1 heterocycles. The van der Waals surface area contributed by atoms with Gasteiger partial charge in [0.1, 0.15) is 12.1 Å². The smallest absolute Gasteiger partial charge is 0.325 e. The summed E-state index contributed by atoms with van der Waals surface area (Å²) in [4.78, 5) is 40.3. The van der Waals surface area contributed by atoms with Crippen LogP contribution in [0.3, 0.4) is 0 Å². The fourth-order valence-electron chi connectivity index (χ4n) is 4.94. The number of hydrogen-bond acceptors (Lipinski definition) is 3. The zero-order chi connectivity index (χ0) is 22.6. The van der Waals surface area contributed by atoms with Crippen molar-refractivity contribution in [3.05, 3.63) is 71.8 Å². The van der Waals surface area contributed by atoms with Crippen molar-refractivity contribution in [2.24, 2.45) is 5.92 Å². The Morgan fingerprint density at radius 3 is 2.09 bits per heavy atom. The minimum absolute atomic E-state index is 0.107. The quantitative estimate of drug-likeness (QED) is 0.657. The number of nitrogens with one attached hydrogen (secondary N) is 2. The van der Waals surface area contributed by atoms with Gasteiger partial charge in [-0.25, -0.2) is 4.79 Å². The number of carbonyl (C=O) groups excluding carboxylic acids is 3. The molecule has 168 valence electrons. The Labute approximate surface area is 189 Å². The molecular formula is C26H31N3O3. The average molecular weight is 434 g/mol. The molecule has 0 unspecified atom stereocenters. The second-order valence-electron chi connectivity index (χ2n) is 9.16. The summed E-state index contributed by atoms with van der Waals surface area (Å²) in [5.41, 5.74) is 0.803. The summed E-state index contributed by atoms with van der Waals surface area (Å²) in [5, 5.41) is 5.99. The van der Waals surface area contributed by atoms with Gasteiger partial charge in [-0.3, -0.25) is 14.5 Å². The highest BCUT2D eigenvalue weighted by Crippen LogP contribution is 2.28. The van der Waals surface area contributed by atoms with E-state index in [0.717, 1.165) is 35.3 Å². The monoisotopic (exact) mass is 433 g/mol. The van der Waals surface area contributed by atoms with Gasteiger partial charge in [-0.2, -0.15) is 0 Å². The number of nitrogens with zero attached hydrogens (tertiary/aromatic N) is 1. The number of urea groups is 1. The lowest BCUT2D eigenvalue weighted by Gasteiger charge is -2.30. The highest BCUT2D eigenvalue weighted by Gasteiger charge is 2.51. The molecule has 4 amide bonds. The van der Waals surface area contributed by atoms with E-state index in [4.69, 9.17) is 0 Å². The summed E-state index contributed by atoms with van der Waals surface area (Å²) in [6.07, 6.45) is 5.04. The summed E-state index contributed by atoms with van der Waals surface area (Å²) in [5.74, 6) is -0.212. The van der Waals surface area contributed by atoms with Crippen LogP contribution in [-0.2, 0) is 22.4 Å². The van der Waals surface area contributed by atoms with Gasteiger partial charge >= 0.3 is 6.03 Å². The number of benzene rings is 2. The van der Waals surface area contributed by atoms with Crippen molar-refractivity contribution >= 4 is 17.8 Å². The van der Waals surface area contributed by atoms with Gasteiger partial charge in [0.05, 0.1) is 0 Å². The maximum Gasteiger partial charge on any atom is 0.325 e. The lowest BCUT2D eigenvalue weighted by molar-refractivity contribution is -0.135. The first-order valence-electron chi connectivity index (χ1n) is 11.5. The van der Waals surface area contributed by atoms with E-state index >= 15 is 0 Å². The van der Waals surface area contributed by atoms with Crippen molar-refractivity contribution in [1.29, 1.82) is 0 Å². The molecule has 2 aromatic carbocycles. The van der Waals surface area contributed by atoms with Crippen molar-refractivity contribution in [1.82, 2.24) is 15.5 Å². The zero-order valence-corrected chi connectivity index (χ0v) is 18.5. The van der Waals surface area contributed by atoms with Gasteiger partial charge in [-0.1, -0.05) is 80.4 Å². The Balaban J connectivity index is 1.53. The first kappa shape index (κ1) is 22.1. The van der Waals surface area contributed by atoms with Gasteiger partial charge in [-0.15, -0.1) is 0 Å². The molecule has 2 aliphatic rings. The molecule has 32 heavy (non-hydrogen) atoms. The largest absolute Gasteiger partial charge is 0.352 e. The van der Waals surface area contributed by atoms with E-state index in [9.17, 15) is 14.4 Å². The van der Waals surface area contributed by atoms with Crippen molar-refractivity contribution in [3.63, 3.8) is 0 Å². The van der Waals surface area contributed by atoms with Crippen LogP contribution in [0, 0.1) is 5.92 Å². The second kappa shape index (κ2) is 9.55. The third-order valence-electron chi connectivity index (χ3n) is 6.70. The maximum absolute atomic E-state index is 13.6. The summed E-state index contributed by atoms with van der Waals surface area (Å²) < 4.78 is 0. The molecule has 4 rings (SSSR count). The van der Waals surface area contributed by atoms with E-state index in [1.54, 1.807) is 0 Å². The summed E-state index contributed by atoms with van der Waals surface area (Å²) in [6.45, 7) is 1.89. The van der Waals surface area contributed by atoms with Crippen molar-refractivity contribution < 1.29 is 14.4 Å². The maximum atomic E-state index is 13.6. The predicted molar refractivity (Wildman–Crippen MR) is 123 cm³/mol. The minimum atomic E-state index is -1.11. The van der Waals surface area contributed by atoms with Crippen molar-refractivity contribution in [2.45, 2.75) is 57.0 Å². The van der Waals surface area contributed by atoms with E-state index in [2.05, 4.69) is 17.6 Å². The number of hydrogen-bond donors (Lipinski definition) is 2. The SMILES string of the molecule is C[C@@H]1CCCC[C@H]1NC(=O)CN1C(=O)NC(Cc2ccccc2)(Cc2ccccc2)C1=O. The second-order valence-corrected chi connectivity index (χ2v) is 9.16. The summed E-state index contributed by atoms with van der Waals surface area (Å²) in [7, 11) is 0. The van der Waals surface area contributed by atoms with Crippen molar-refractivity contribution in [2.75, 3.05) is 6.54 Å². The van der Waals surface area contributed by atoms with Crippen LogP contribution in [-0.4, -0.2) is 40.9 Å². The van der Waals surface area contributed by atoms with Gasteiger partial charge in [0.2, 0.25) is 5.91 Å². The van der Waals surface area contributed by atoms with Crippen LogP contribution in [0.25, 0.3) is 0 Å². The molecule has 2 fully saturated rings. The number of rotatable bonds is 7. The molecule has 1 saturated heterocycles. The third kappa shape index (κ3) is 4.85. The fraction of sp³-hybridized carbons (Fsp3) is 0.423. The van der Waals surface area contributed by atoms with Crippen LogP contribution >= 0.6 is 0 Å². The topological polar surface area (TPSA) is 78.5 Å². The lowest BCUT2D eigenvalue weighted by atomic mass is 9.84. The predicted octanol–water partition coefficient (Wildman–Crippen LogP) is 3.46. The first-order chi connectivity index (χ1) is 15.5. The Kier molecular flexibility index (Phi) is 6.58. The van der Waals surface area contributed by atoms with Crippen molar-refractivity contribution in [3.8, 4) is 0 Å².